The van der Waals surface area contributed by atoms with E-state index in [9.17, 15) is 14.4 Å². The molecule has 1 heterocycles. The van der Waals surface area contributed by atoms with Crippen LogP contribution in [-0.4, -0.2) is 53.0 Å². The van der Waals surface area contributed by atoms with Crippen LogP contribution in [0, 0.1) is 5.92 Å². The fourth-order valence-electron chi connectivity index (χ4n) is 1.91. The van der Waals surface area contributed by atoms with E-state index in [0.717, 1.165) is 6.42 Å². The van der Waals surface area contributed by atoms with Gasteiger partial charge in [-0.2, -0.15) is 4.79 Å². The molecule has 0 aromatic heterocycles. The molecule has 8 nitrogen and oxygen atoms in total. The van der Waals surface area contributed by atoms with Crippen molar-refractivity contribution in [1.82, 2.24) is 5.32 Å². The van der Waals surface area contributed by atoms with E-state index in [4.69, 9.17) is 15.4 Å². The molecule has 1 aliphatic heterocycles. The van der Waals surface area contributed by atoms with Crippen LogP contribution in [0.25, 0.3) is 5.53 Å². The van der Waals surface area contributed by atoms with Crippen LogP contribution in [0.3, 0.4) is 0 Å². The maximum atomic E-state index is 11.9. The second kappa shape index (κ2) is 8.19. The average molecular weight is 283 g/mol. The van der Waals surface area contributed by atoms with Crippen molar-refractivity contribution in [3.63, 3.8) is 0 Å². The van der Waals surface area contributed by atoms with Gasteiger partial charge in [-0.15, -0.1) is 0 Å². The summed E-state index contributed by atoms with van der Waals surface area (Å²) in [4.78, 5) is 36.6. The molecule has 8 heteroatoms. The number of nitrogens with zero attached hydrogens (tertiary/aromatic N) is 2. The number of hydrogen-bond donors (Lipinski definition) is 2. The number of carboxylic acid groups (broad SMARTS) is 1. The van der Waals surface area contributed by atoms with Crippen LogP contribution in [0.1, 0.15) is 25.7 Å². The average Bonchev–Trinajstić information content (AvgIpc) is 2.44. The van der Waals surface area contributed by atoms with Crippen molar-refractivity contribution in [3.05, 3.63) is 5.53 Å². The Labute approximate surface area is 115 Å². The molecule has 1 aliphatic rings. The number of ether oxygens (including phenoxy) is 1. The molecule has 0 spiro atoms. The Kier molecular flexibility index (Phi) is 6.55. The van der Waals surface area contributed by atoms with Gasteiger partial charge in [-0.1, -0.05) is 0 Å². The summed E-state index contributed by atoms with van der Waals surface area (Å²) in [6.45, 7) is 0.898. The maximum absolute atomic E-state index is 11.9. The second-order valence-electron chi connectivity index (χ2n) is 4.56. The van der Waals surface area contributed by atoms with Gasteiger partial charge in [0.05, 0.1) is 12.5 Å². The lowest BCUT2D eigenvalue weighted by molar-refractivity contribution is -0.143. The largest absolute Gasteiger partial charge is 0.480 e. The number of carbonyl (C=O) groups is 3. The molecule has 0 radical (unpaired) electrons. The van der Waals surface area contributed by atoms with Crippen molar-refractivity contribution < 1.29 is 29.0 Å². The molecule has 1 unspecified atom stereocenters. The highest BCUT2D eigenvalue weighted by Gasteiger charge is 2.27. The van der Waals surface area contributed by atoms with Gasteiger partial charge in [0.25, 0.3) is 0 Å². The van der Waals surface area contributed by atoms with E-state index in [1.807, 2.05) is 0 Å². The highest BCUT2D eigenvalue weighted by molar-refractivity contribution is 6.25. The predicted molar refractivity (Wildman–Crippen MR) is 67.0 cm³/mol. The Balaban J connectivity index is 2.49. The van der Waals surface area contributed by atoms with E-state index < -0.39 is 17.8 Å². The number of rotatable bonds is 7. The molecule has 110 valence electrons. The molecule has 0 bridgehead atoms. The van der Waals surface area contributed by atoms with Gasteiger partial charge in [-0.3, -0.25) is 9.59 Å². The third-order valence-electron chi connectivity index (χ3n) is 3.03. The monoisotopic (exact) mass is 283 g/mol. The standard InChI is InChI=1S/C12H17N3O5/c13-14-6-9(16)3-4-10(12(18)19)15-11(17)8-2-1-5-20-7-8/h6,8,10H,1-5,7H2,(H,15,17)(H,18,19)/t8-,10?/m1/s1. The number of ketones is 1. The first-order chi connectivity index (χ1) is 9.54. The van der Waals surface area contributed by atoms with Gasteiger partial charge in [0, 0.05) is 13.0 Å². The van der Waals surface area contributed by atoms with Gasteiger partial charge in [0.1, 0.15) is 6.04 Å². The van der Waals surface area contributed by atoms with E-state index in [2.05, 4.69) is 10.1 Å². The molecule has 20 heavy (non-hydrogen) atoms. The third-order valence-corrected chi connectivity index (χ3v) is 3.03. The minimum atomic E-state index is -1.20. The summed E-state index contributed by atoms with van der Waals surface area (Å²) in [6, 6.07) is -1.14. The summed E-state index contributed by atoms with van der Waals surface area (Å²) in [5, 5.41) is 11.4. The van der Waals surface area contributed by atoms with Gasteiger partial charge >= 0.3 is 12.2 Å². The molecule has 2 atom stereocenters. The molecule has 1 amide bonds. The van der Waals surface area contributed by atoms with Crippen molar-refractivity contribution in [2.24, 2.45) is 5.92 Å². The highest BCUT2D eigenvalue weighted by atomic mass is 16.5. The van der Waals surface area contributed by atoms with Crippen LogP contribution < -0.4 is 5.32 Å². The van der Waals surface area contributed by atoms with Crippen LogP contribution in [0.2, 0.25) is 0 Å². The molecule has 0 aromatic carbocycles. The van der Waals surface area contributed by atoms with E-state index >= 15 is 0 Å². The quantitative estimate of drug-likeness (QED) is 0.374. The topological polar surface area (TPSA) is 129 Å². The SMILES string of the molecule is [N-]=[N+]=CC(=O)CCC(NC(=O)[C@@H]1CCCOC1)C(=O)O. The van der Waals surface area contributed by atoms with Crippen molar-refractivity contribution >= 4 is 23.9 Å². The Hall–Kier alpha value is -2.05. The number of Topliss-reactive ketones (excluding diaryl/α,β-unsaturated/α-hetero) is 1. The fraction of sp³-hybridized carbons (Fsp3) is 0.667. The minimum Gasteiger partial charge on any atom is -0.480 e. The Morgan fingerprint density at radius 2 is 2.25 bits per heavy atom. The number of amides is 1. The first kappa shape index (κ1) is 16.0. The molecular formula is C12H17N3O5. The molecule has 2 N–H and O–H groups in total. The van der Waals surface area contributed by atoms with Gasteiger partial charge < -0.3 is 20.7 Å². The Bertz CT molecular complexity index is 425. The lowest BCUT2D eigenvalue weighted by Crippen LogP contribution is -2.45. The summed E-state index contributed by atoms with van der Waals surface area (Å²) >= 11 is 0. The van der Waals surface area contributed by atoms with Crippen LogP contribution in [0.15, 0.2) is 0 Å². The summed E-state index contributed by atoms with van der Waals surface area (Å²) in [5.41, 5.74) is 8.18. The number of nitrogens with one attached hydrogen (secondary N) is 1. The van der Waals surface area contributed by atoms with E-state index in [1.54, 1.807) is 0 Å². The number of aliphatic carboxylic acids is 1. The summed E-state index contributed by atoms with van der Waals surface area (Å²) < 4.78 is 5.17. The number of hydrogen-bond acceptors (Lipinski definition) is 4. The van der Waals surface area contributed by atoms with E-state index in [0.29, 0.717) is 19.2 Å². The first-order valence-corrected chi connectivity index (χ1v) is 6.35. The fourth-order valence-corrected chi connectivity index (χ4v) is 1.91. The lowest BCUT2D eigenvalue weighted by Gasteiger charge is -2.23. The normalized spacial score (nSPS) is 19.5. The highest BCUT2D eigenvalue weighted by Crippen LogP contribution is 2.14. The molecule has 0 aromatic rings. The smallest absolute Gasteiger partial charge is 0.326 e. The van der Waals surface area contributed by atoms with Crippen molar-refractivity contribution in [3.8, 4) is 0 Å². The molecule has 0 saturated carbocycles. The lowest BCUT2D eigenvalue weighted by atomic mass is 10.0. The summed E-state index contributed by atoms with van der Waals surface area (Å²) in [5.74, 6) is -2.43. The molecule has 0 aliphatic carbocycles. The number of carboxylic acids is 1. The molecule has 1 rings (SSSR count). The van der Waals surface area contributed by atoms with Crippen molar-refractivity contribution in [1.29, 1.82) is 0 Å². The van der Waals surface area contributed by atoms with Gasteiger partial charge in [0.2, 0.25) is 11.7 Å². The van der Waals surface area contributed by atoms with Gasteiger partial charge in [-0.05, 0) is 19.3 Å². The minimum absolute atomic E-state index is 0.0560. The molecule has 1 fully saturated rings. The summed E-state index contributed by atoms with van der Waals surface area (Å²) in [7, 11) is 0. The second-order valence-corrected chi connectivity index (χ2v) is 4.56. The molecular weight excluding hydrogens is 266 g/mol. The Morgan fingerprint density at radius 3 is 2.80 bits per heavy atom. The zero-order valence-electron chi connectivity index (χ0n) is 10.9. The number of carbonyl (C=O) groups excluding carboxylic acids is 2. The van der Waals surface area contributed by atoms with Crippen molar-refractivity contribution in [2.45, 2.75) is 31.7 Å². The van der Waals surface area contributed by atoms with Crippen LogP contribution in [0.5, 0.6) is 0 Å². The van der Waals surface area contributed by atoms with Crippen molar-refractivity contribution in [2.75, 3.05) is 13.2 Å². The predicted octanol–water partition coefficient (Wildman–Crippen LogP) is -0.368. The maximum Gasteiger partial charge on any atom is 0.326 e. The van der Waals surface area contributed by atoms with Gasteiger partial charge in [0.15, 0.2) is 0 Å². The summed E-state index contributed by atoms with van der Waals surface area (Å²) in [6.07, 6.45) is 1.95. The zero-order valence-corrected chi connectivity index (χ0v) is 10.9. The van der Waals surface area contributed by atoms with E-state index in [1.165, 1.54) is 0 Å². The Morgan fingerprint density at radius 1 is 1.50 bits per heavy atom. The van der Waals surface area contributed by atoms with Gasteiger partial charge in [-0.25, -0.2) is 4.79 Å². The first-order valence-electron chi connectivity index (χ1n) is 6.35. The molecule has 1 saturated heterocycles. The zero-order chi connectivity index (χ0) is 15.0. The van der Waals surface area contributed by atoms with Crippen LogP contribution in [0.4, 0.5) is 0 Å². The third kappa shape index (κ3) is 5.29. The van der Waals surface area contributed by atoms with Crippen LogP contribution in [-0.2, 0) is 19.1 Å². The van der Waals surface area contributed by atoms with E-state index in [-0.39, 0.29) is 31.3 Å². The van der Waals surface area contributed by atoms with Crippen LogP contribution >= 0.6 is 0 Å².